The summed E-state index contributed by atoms with van der Waals surface area (Å²) in [5, 5.41) is 12.4. The first-order valence-corrected chi connectivity index (χ1v) is 6.91. The average molecular weight is 261 g/mol. The SMILES string of the molecule is CCCN(Cc1nnc(Cl)s1)C1CCNC1. The number of aromatic nitrogens is 2. The van der Waals surface area contributed by atoms with Crippen LogP contribution >= 0.6 is 22.9 Å². The topological polar surface area (TPSA) is 41.1 Å². The molecule has 1 aromatic rings. The number of nitrogens with one attached hydrogen (secondary N) is 1. The van der Waals surface area contributed by atoms with Crippen molar-refractivity contribution in [2.24, 2.45) is 0 Å². The normalized spacial score (nSPS) is 20.8. The zero-order valence-electron chi connectivity index (χ0n) is 9.45. The molecule has 0 radical (unpaired) electrons. The molecule has 1 atom stereocenters. The highest BCUT2D eigenvalue weighted by molar-refractivity contribution is 7.15. The zero-order valence-corrected chi connectivity index (χ0v) is 11.0. The molecule has 1 fully saturated rings. The number of hydrogen-bond donors (Lipinski definition) is 1. The lowest BCUT2D eigenvalue weighted by Crippen LogP contribution is -2.36. The van der Waals surface area contributed by atoms with Crippen molar-refractivity contribution >= 4 is 22.9 Å². The van der Waals surface area contributed by atoms with E-state index in [1.165, 1.54) is 24.2 Å². The van der Waals surface area contributed by atoms with Crippen LogP contribution in [0.3, 0.4) is 0 Å². The molecule has 1 aliphatic heterocycles. The monoisotopic (exact) mass is 260 g/mol. The van der Waals surface area contributed by atoms with E-state index in [4.69, 9.17) is 11.6 Å². The van der Waals surface area contributed by atoms with Gasteiger partial charge in [-0.1, -0.05) is 18.3 Å². The van der Waals surface area contributed by atoms with Crippen LogP contribution < -0.4 is 5.32 Å². The molecule has 90 valence electrons. The molecule has 6 heteroatoms. The Labute approximate surface area is 105 Å². The Hall–Kier alpha value is -0.230. The largest absolute Gasteiger partial charge is 0.315 e. The van der Waals surface area contributed by atoms with Crippen LogP contribution in [0.1, 0.15) is 24.8 Å². The van der Waals surface area contributed by atoms with Gasteiger partial charge in [0.05, 0.1) is 6.54 Å². The highest BCUT2D eigenvalue weighted by Crippen LogP contribution is 2.19. The highest BCUT2D eigenvalue weighted by atomic mass is 35.5. The quantitative estimate of drug-likeness (QED) is 0.876. The zero-order chi connectivity index (χ0) is 11.4. The van der Waals surface area contributed by atoms with E-state index < -0.39 is 0 Å². The maximum Gasteiger partial charge on any atom is 0.207 e. The van der Waals surface area contributed by atoms with Crippen molar-refractivity contribution < 1.29 is 0 Å². The fourth-order valence-corrected chi connectivity index (χ4v) is 2.99. The van der Waals surface area contributed by atoms with Crippen LogP contribution in [0.2, 0.25) is 4.47 Å². The summed E-state index contributed by atoms with van der Waals surface area (Å²) in [6.07, 6.45) is 2.40. The Balaban J connectivity index is 1.96. The molecule has 1 unspecified atom stereocenters. The fourth-order valence-electron chi connectivity index (χ4n) is 2.10. The summed E-state index contributed by atoms with van der Waals surface area (Å²) in [6.45, 7) is 6.42. The third kappa shape index (κ3) is 3.13. The molecule has 1 aliphatic rings. The number of hydrogen-bond acceptors (Lipinski definition) is 5. The van der Waals surface area contributed by atoms with Crippen molar-refractivity contribution in [1.29, 1.82) is 0 Å². The van der Waals surface area contributed by atoms with E-state index in [9.17, 15) is 0 Å². The second-order valence-corrected chi connectivity index (χ2v) is 5.71. The summed E-state index contributed by atoms with van der Waals surface area (Å²) in [4.78, 5) is 2.48. The van der Waals surface area contributed by atoms with E-state index in [0.717, 1.165) is 31.2 Å². The minimum atomic E-state index is 0.538. The molecule has 1 saturated heterocycles. The first-order valence-electron chi connectivity index (χ1n) is 5.72. The summed E-state index contributed by atoms with van der Waals surface area (Å²) in [5.41, 5.74) is 0. The maximum atomic E-state index is 5.79. The van der Waals surface area contributed by atoms with E-state index >= 15 is 0 Å². The molecule has 0 saturated carbocycles. The van der Waals surface area contributed by atoms with Gasteiger partial charge in [0, 0.05) is 12.6 Å². The van der Waals surface area contributed by atoms with Gasteiger partial charge in [-0.05, 0) is 37.5 Å². The van der Waals surface area contributed by atoms with Gasteiger partial charge in [-0.3, -0.25) is 4.90 Å². The lowest BCUT2D eigenvalue weighted by Gasteiger charge is -2.26. The summed E-state index contributed by atoms with van der Waals surface area (Å²) < 4.78 is 0.538. The van der Waals surface area contributed by atoms with E-state index in [1.807, 2.05) is 0 Å². The van der Waals surface area contributed by atoms with Crippen LogP contribution in [0.5, 0.6) is 0 Å². The van der Waals surface area contributed by atoms with Crippen LogP contribution in [0.4, 0.5) is 0 Å². The molecular formula is C10H17ClN4S. The van der Waals surface area contributed by atoms with Crippen molar-refractivity contribution in [2.75, 3.05) is 19.6 Å². The number of nitrogens with zero attached hydrogens (tertiary/aromatic N) is 3. The van der Waals surface area contributed by atoms with Gasteiger partial charge in [0.1, 0.15) is 5.01 Å². The van der Waals surface area contributed by atoms with E-state index in [0.29, 0.717) is 10.5 Å². The molecular weight excluding hydrogens is 244 g/mol. The van der Waals surface area contributed by atoms with Crippen LogP contribution in [0, 0.1) is 0 Å². The van der Waals surface area contributed by atoms with Gasteiger partial charge in [0.25, 0.3) is 0 Å². The standard InChI is InChI=1S/C10H17ClN4S/c1-2-5-15(8-3-4-12-6-8)7-9-13-14-10(11)16-9/h8,12H,2-7H2,1H3. The number of rotatable bonds is 5. The van der Waals surface area contributed by atoms with Crippen molar-refractivity contribution in [3.63, 3.8) is 0 Å². The summed E-state index contributed by atoms with van der Waals surface area (Å²) in [5.74, 6) is 0. The van der Waals surface area contributed by atoms with Crippen molar-refractivity contribution in [3.8, 4) is 0 Å². The van der Waals surface area contributed by atoms with Crippen molar-refractivity contribution in [1.82, 2.24) is 20.4 Å². The molecule has 0 aromatic carbocycles. The van der Waals surface area contributed by atoms with Crippen molar-refractivity contribution in [2.45, 2.75) is 32.4 Å². The van der Waals surface area contributed by atoms with Crippen LogP contribution in [0.15, 0.2) is 0 Å². The van der Waals surface area contributed by atoms with E-state index in [2.05, 4.69) is 27.3 Å². The van der Waals surface area contributed by atoms with E-state index in [1.54, 1.807) is 0 Å². The summed E-state index contributed by atoms with van der Waals surface area (Å²) in [6, 6.07) is 0.641. The molecule has 0 spiro atoms. The lowest BCUT2D eigenvalue weighted by atomic mass is 10.2. The molecule has 2 heterocycles. The fraction of sp³-hybridized carbons (Fsp3) is 0.800. The molecule has 0 bridgehead atoms. The molecule has 1 N–H and O–H groups in total. The van der Waals surface area contributed by atoms with Crippen LogP contribution in [-0.2, 0) is 6.54 Å². The Morgan fingerprint density at radius 3 is 3.00 bits per heavy atom. The van der Waals surface area contributed by atoms with E-state index in [-0.39, 0.29) is 0 Å². The molecule has 16 heavy (non-hydrogen) atoms. The van der Waals surface area contributed by atoms with Gasteiger partial charge in [0.2, 0.25) is 4.47 Å². The third-order valence-electron chi connectivity index (χ3n) is 2.84. The second-order valence-electron chi connectivity index (χ2n) is 4.07. The molecule has 1 aromatic heterocycles. The Kier molecular flexibility index (Phi) is 4.52. The third-order valence-corrected chi connectivity index (χ3v) is 3.85. The molecule has 0 amide bonds. The highest BCUT2D eigenvalue weighted by Gasteiger charge is 2.22. The molecule has 4 nitrogen and oxygen atoms in total. The number of halogens is 1. The molecule has 0 aliphatic carbocycles. The predicted molar refractivity (Wildman–Crippen MR) is 66.9 cm³/mol. The smallest absolute Gasteiger partial charge is 0.207 e. The van der Waals surface area contributed by atoms with Crippen LogP contribution in [-0.4, -0.2) is 40.8 Å². The minimum Gasteiger partial charge on any atom is -0.315 e. The second kappa shape index (κ2) is 5.91. The van der Waals surface area contributed by atoms with Gasteiger partial charge in [0.15, 0.2) is 0 Å². The van der Waals surface area contributed by atoms with Gasteiger partial charge in [-0.2, -0.15) is 0 Å². The van der Waals surface area contributed by atoms with Gasteiger partial charge >= 0.3 is 0 Å². The predicted octanol–water partition coefficient (Wildman–Crippen LogP) is 1.77. The minimum absolute atomic E-state index is 0.538. The van der Waals surface area contributed by atoms with Gasteiger partial charge in [-0.25, -0.2) is 0 Å². The lowest BCUT2D eigenvalue weighted by molar-refractivity contribution is 0.199. The Morgan fingerprint density at radius 2 is 2.44 bits per heavy atom. The summed E-state index contributed by atoms with van der Waals surface area (Å²) >= 11 is 7.28. The van der Waals surface area contributed by atoms with Gasteiger partial charge < -0.3 is 5.32 Å². The summed E-state index contributed by atoms with van der Waals surface area (Å²) in [7, 11) is 0. The first-order chi connectivity index (χ1) is 7.79. The molecule has 2 rings (SSSR count). The van der Waals surface area contributed by atoms with Crippen molar-refractivity contribution in [3.05, 3.63) is 9.47 Å². The Morgan fingerprint density at radius 1 is 1.56 bits per heavy atom. The van der Waals surface area contributed by atoms with Crippen LogP contribution in [0.25, 0.3) is 0 Å². The average Bonchev–Trinajstić information content (AvgIpc) is 2.88. The maximum absolute atomic E-state index is 5.79. The first kappa shape index (κ1) is 12.2. The van der Waals surface area contributed by atoms with Gasteiger partial charge in [-0.15, -0.1) is 10.2 Å². The Bertz CT molecular complexity index is 324.